The lowest BCUT2D eigenvalue weighted by atomic mass is 9.95. The molecule has 1 atom stereocenters. The van der Waals surface area contributed by atoms with E-state index in [2.05, 4.69) is 30.9 Å². The minimum atomic E-state index is 0.608. The number of nitrogens with zero attached hydrogens (tertiary/aromatic N) is 2. The van der Waals surface area contributed by atoms with E-state index in [0.29, 0.717) is 30.3 Å². The first kappa shape index (κ1) is 23.9. The van der Waals surface area contributed by atoms with Crippen LogP contribution in [0.5, 0.6) is 11.5 Å². The Morgan fingerprint density at radius 3 is 1.81 bits per heavy atom. The van der Waals surface area contributed by atoms with Crippen molar-refractivity contribution in [1.29, 1.82) is 10.5 Å². The molecular formula is C27H30N2O2. The van der Waals surface area contributed by atoms with Crippen LogP contribution < -0.4 is 9.47 Å². The first-order chi connectivity index (χ1) is 15.2. The molecule has 0 amide bonds. The molecule has 4 heteroatoms. The van der Waals surface area contributed by atoms with Crippen LogP contribution in [0.2, 0.25) is 0 Å². The highest BCUT2D eigenvalue weighted by atomic mass is 16.5. The van der Waals surface area contributed by atoms with Crippen molar-refractivity contribution in [3.05, 3.63) is 59.7 Å². The van der Waals surface area contributed by atoms with Crippen molar-refractivity contribution < 1.29 is 9.47 Å². The van der Waals surface area contributed by atoms with Gasteiger partial charge in [0.2, 0.25) is 0 Å². The van der Waals surface area contributed by atoms with Crippen LogP contribution >= 0.6 is 0 Å². The van der Waals surface area contributed by atoms with Crippen molar-refractivity contribution in [1.82, 2.24) is 0 Å². The Morgan fingerprint density at radius 1 is 0.742 bits per heavy atom. The fraction of sp³-hybridized carbons (Fsp3) is 0.407. The van der Waals surface area contributed by atoms with Crippen LogP contribution in [0.3, 0.4) is 0 Å². The Bertz CT molecular complexity index is 909. The molecule has 0 heterocycles. The summed E-state index contributed by atoms with van der Waals surface area (Å²) in [6.45, 7) is 3.53. The summed E-state index contributed by atoms with van der Waals surface area (Å²) in [5.41, 5.74) is 1.29. The number of hydrogen-bond acceptors (Lipinski definition) is 4. The van der Waals surface area contributed by atoms with E-state index in [-0.39, 0.29) is 0 Å². The van der Waals surface area contributed by atoms with Gasteiger partial charge < -0.3 is 9.47 Å². The van der Waals surface area contributed by atoms with Gasteiger partial charge in [0, 0.05) is 12.8 Å². The van der Waals surface area contributed by atoms with E-state index >= 15 is 0 Å². The van der Waals surface area contributed by atoms with Gasteiger partial charge in [0.1, 0.15) is 11.5 Å². The lowest BCUT2D eigenvalue weighted by Crippen LogP contribution is -2.04. The van der Waals surface area contributed by atoms with E-state index in [1.807, 2.05) is 24.3 Å². The summed E-state index contributed by atoms with van der Waals surface area (Å²) in [7, 11) is 0. The minimum absolute atomic E-state index is 0.608. The van der Waals surface area contributed by atoms with Crippen LogP contribution in [0.25, 0.3) is 0 Å². The van der Waals surface area contributed by atoms with Crippen LogP contribution in [-0.4, -0.2) is 13.2 Å². The summed E-state index contributed by atoms with van der Waals surface area (Å²) < 4.78 is 11.5. The Morgan fingerprint density at radius 2 is 1.29 bits per heavy atom. The maximum Gasteiger partial charge on any atom is 0.119 e. The molecule has 0 saturated carbocycles. The zero-order valence-corrected chi connectivity index (χ0v) is 18.3. The van der Waals surface area contributed by atoms with E-state index in [4.69, 9.17) is 20.0 Å². The predicted molar refractivity (Wildman–Crippen MR) is 123 cm³/mol. The summed E-state index contributed by atoms with van der Waals surface area (Å²) in [5.74, 6) is 8.83. The van der Waals surface area contributed by atoms with Gasteiger partial charge in [-0.25, -0.2) is 0 Å². The standard InChI is InChI=1S/C27H30N2O2/c1-2-8-23(10-7-20-31-27-17-13-25(22-29)14-18-27)9-5-3-4-6-19-30-26-15-11-24(21-28)12-16-26/h11-18,23H,2,4,6-10,19-20H2,1H3. The molecule has 0 aliphatic carbocycles. The van der Waals surface area contributed by atoms with Gasteiger partial charge in [-0.1, -0.05) is 13.3 Å². The fourth-order valence-electron chi connectivity index (χ4n) is 3.23. The van der Waals surface area contributed by atoms with Crippen molar-refractivity contribution in [3.63, 3.8) is 0 Å². The molecular weight excluding hydrogens is 384 g/mol. The number of nitriles is 2. The van der Waals surface area contributed by atoms with Gasteiger partial charge in [-0.05, 0) is 80.1 Å². The summed E-state index contributed by atoms with van der Waals surface area (Å²) in [6.07, 6.45) is 7.13. The topological polar surface area (TPSA) is 66.0 Å². The molecule has 4 nitrogen and oxygen atoms in total. The third-order valence-electron chi connectivity index (χ3n) is 4.92. The van der Waals surface area contributed by atoms with E-state index in [9.17, 15) is 0 Å². The van der Waals surface area contributed by atoms with E-state index in [0.717, 1.165) is 43.6 Å². The van der Waals surface area contributed by atoms with Crippen molar-refractivity contribution in [2.24, 2.45) is 5.92 Å². The second-order valence-electron chi connectivity index (χ2n) is 7.43. The third-order valence-corrected chi connectivity index (χ3v) is 4.92. The first-order valence-electron chi connectivity index (χ1n) is 11.0. The van der Waals surface area contributed by atoms with Gasteiger partial charge in [0.05, 0.1) is 36.5 Å². The maximum atomic E-state index is 8.83. The van der Waals surface area contributed by atoms with E-state index in [1.165, 1.54) is 12.8 Å². The summed E-state index contributed by atoms with van der Waals surface area (Å²) >= 11 is 0. The summed E-state index contributed by atoms with van der Waals surface area (Å²) in [4.78, 5) is 0. The zero-order chi connectivity index (χ0) is 22.2. The number of ether oxygens (including phenoxy) is 2. The normalized spacial score (nSPS) is 10.8. The van der Waals surface area contributed by atoms with E-state index in [1.54, 1.807) is 24.3 Å². The van der Waals surface area contributed by atoms with Crippen molar-refractivity contribution >= 4 is 0 Å². The van der Waals surface area contributed by atoms with Gasteiger partial charge in [-0.15, -0.1) is 11.8 Å². The molecule has 0 N–H and O–H groups in total. The van der Waals surface area contributed by atoms with Gasteiger partial charge in [-0.2, -0.15) is 10.5 Å². The molecule has 0 fully saturated rings. The number of benzene rings is 2. The largest absolute Gasteiger partial charge is 0.494 e. The number of unbranched alkanes of at least 4 members (excludes halogenated alkanes) is 1. The van der Waals surface area contributed by atoms with Crippen molar-refractivity contribution in [2.75, 3.05) is 13.2 Å². The Balaban J connectivity index is 1.59. The molecule has 2 aromatic rings. The minimum Gasteiger partial charge on any atom is -0.494 e. The predicted octanol–water partition coefficient (Wildman–Crippen LogP) is 6.26. The van der Waals surface area contributed by atoms with Crippen LogP contribution in [0, 0.1) is 40.4 Å². The maximum absolute atomic E-state index is 8.83. The second kappa shape index (κ2) is 14.5. The van der Waals surface area contributed by atoms with E-state index < -0.39 is 0 Å². The highest BCUT2D eigenvalue weighted by molar-refractivity contribution is 5.35. The molecule has 0 radical (unpaired) electrons. The monoisotopic (exact) mass is 414 g/mol. The summed E-state index contributed by atoms with van der Waals surface area (Å²) in [6, 6.07) is 18.6. The van der Waals surface area contributed by atoms with Gasteiger partial charge in [0.25, 0.3) is 0 Å². The third kappa shape index (κ3) is 9.75. The molecule has 2 aromatic carbocycles. The molecule has 0 spiro atoms. The molecule has 31 heavy (non-hydrogen) atoms. The van der Waals surface area contributed by atoms with Crippen molar-refractivity contribution in [3.8, 4) is 35.5 Å². The lowest BCUT2D eigenvalue weighted by Gasteiger charge is -2.13. The van der Waals surface area contributed by atoms with Crippen LogP contribution in [0.1, 0.15) is 63.0 Å². The van der Waals surface area contributed by atoms with Crippen LogP contribution in [-0.2, 0) is 0 Å². The average Bonchev–Trinajstić information content (AvgIpc) is 2.81. The molecule has 0 bridgehead atoms. The molecule has 0 saturated heterocycles. The van der Waals surface area contributed by atoms with Gasteiger partial charge >= 0.3 is 0 Å². The van der Waals surface area contributed by atoms with Crippen molar-refractivity contribution in [2.45, 2.75) is 51.9 Å². The van der Waals surface area contributed by atoms with Gasteiger partial charge in [0.15, 0.2) is 0 Å². The molecule has 1 unspecified atom stereocenters. The Hall–Kier alpha value is -3.42. The quantitative estimate of drug-likeness (QED) is 0.304. The molecule has 0 aromatic heterocycles. The molecule has 0 aliphatic rings. The lowest BCUT2D eigenvalue weighted by molar-refractivity contribution is 0.289. The second-order valence-corrected chi connectivity index (χ2v) is 7.43. The van der Waals surface area contributed by atoms with Gasteiger partial charge in [-0.3, -0.25) is 0 Å². The van der Waals surface area contributed by atoms with Crippen LogP contribution in [0.15, 0.2) is 48.5 Å². The SMILES string of the molecule is CCCC(CC#CCCCOc1ccc(C#N)cc1)CCCOc1ccc(C#N)cc1. The number of hydrogen-bond donors (Lipinski definition) is 0. The highest BCUT2D eigenvalue weighted by Crippen LogP contribution is 2.18. The molecule has 2 rings (SSSR count). The smallest absolute Gasteiger partial charge is 0.119 e. The Kier molecular flexibility index (Phi) is 11.2. The number of rotatable bonds is 12. The highest BCUT2D eigenvalue weighted by Gasteiger charge is 2.06. The van der Waals surface area contributed by atoms with Crippen LogP contribution in [0.4, 0.5) is 0 Å². The molecule has 160 valence electrons. The first-order valence-corrected chi connectivity index (χ1v) is 11.0. The Labute approximate surface area is 186 Å². The average molecular weight is 415 g/mol. The fourth-order valence-corrected chi connectivity index (χ4v) is 3.23. The zero-order valence-electron chi connectivity index (χ0n) is 18.3. The summed E-state index contributed by atoms with van der Waals surface area (Å²) in [5, 5.41) is 17.6. The molecule has 0 aliphatic heterocycles.